The highest BCUT2D eigenvalue weighted by Crippen LogP contribution is 2.19. The molecule has 2 aromatic carbocycles. The van der Waals surface area contributed by atoms with Crippen molar-refractivity contribution in [1.82, 2.24) is 20.2 Å². The van der Waals surface area contributed by atoms with Gasteiger partial charge >= 0.3 is 0 Å². The monoisotopic (exact) mass is 438 g/mol. The van der Waals surface area contributed by atoms with Gasteiger partial charge in [-0.1, -0.05) is 43.0 Å². The van der Waals surface area contributed by atoms with Crippen LogP contribution in [0, 0.1) is 0 Å². The van der Waals surface area contributed by atoms with Crippen LogP contribution in [-0.2, 0) is 17.8 Å². The molecule has 162 valence electrons. The summed E-state index contributed by atoms with van der Waals surface area (Å²) in [4.78, 5) is 29.8. The van der Waals surface area contributed by atoms with Crippen molar-refractivity contribution in [3.8, 4) is 0 Å². The number of hydrogen-bond donors (Lipinski definition) is 2. The quantitative estimate of drug-likeness (QED) is 0.582. The molecule has 1 aliphatic carbocycles. The van der Waals surface area contributed by atoms with E-state index in [2.05, 4.69) is 10.6 Å². The third-order valence-electron chi connectivity index (χ3n) is 5.75. The minimum Gasteiger partial charge on any atom is -0.352 e. The fraction of sp³-hybridized carbons (Fsp3) is 0.375. The predicted octanol–water partition coefficient (Wildman–Crippen LogP) is 4.11. The summed E-state index contributed by atoms with van der Waals surface area (Å²) in [6.45, 7) is 0.659. The highest BCUT2D eigenvalue weighted by Gasteiger charge is 2.18. The Bertz CT molecular complexity index is 1060. The number of nitrogens with one attached hydrogen (secondary N) is 2. The lowest BCUT2D eigenvalue weighted by atomic mass is 9.95. The number of amides is 2. The Kier molecular flexibility index (Phi) is 6.87. The van der Waals surface area contributed by atoms with Gasteiger partial charge in [0, 0.05) is 29.6 Å². The lowest BCUT2D eigenvalue weighted by Crippen LogP contribution is -2.38. The molecule has 1 saturated carbocycles. The first kappa shape index (κ1) is 21.4. The van der Waals surface area contributed by atoms with E-state index >= 15 is 0 Å². The second kappa shape index (κ2) is 9.96. The van der Waals surface area contributed by atoms with E-state index < -0.39 is 0 Å². The Balaban J connectivity index is 1.42. The predicted molar refractivity (Wildman–Crippen MR) is 122 cm³/mol. The molecule has 1 heterocycles. The van der Waals surface area contributed by atoms with Crippen LogP contribution in [0.4, 0.5) is 0 Å². The minimum atomic E-state index is -0.158. The van der Waals surface area contributed by atoms with Crippen LogP contribution in [0.5, 0.6) is 0 Å². The molecule has 0 atom stereocenters. The van der Waals surface area contributed by atoms with Crippen LogP contribution in [0.1, 0.15) is 48.3 Å². The van der Waals surface area contributed by atoms with E-state index in [1.54, 1.807) is 24.3 Å². The van der Waals surface area contributed by atoms with Gasteiger partial charge in [0.05, 0.1) is 11.0 Å². The van der Waals surface area contributed by atoms with E-state index in [1.165, 1.54) is 19.3 Å². The second-order valence-electron chi connectivity index (χ2n) is 8.02. The van der Waals surface area contributed by atoms with E-state index in [4.69, 9.17) is 16.6 Å². The Hall–Kier alpha value is -2.86. The molecule has 0 unspecified atom stereocenters. The summed E-state index contributed by atoms with van der Waals surface area (Å²) < 4.78 is 1.96. The fourth-order valence-electron chi connectivity index (χ4n) is 4.15. The van der Waals surface area contributed by atoms with Crippen LogP contribution in [0.25, 0.3) is 11.0 Å². The van der Waals surface area contributed by atoms with Crippen molar-refractivity contribution in [2.75, 3.05) is 6.54 Å². The number of hydrogen-bond acceptors (Lipinski definition) is 3. The number of carbonyl (C=O) groups is 2. The zero-order valence-corrected chi connectivity index (χ0v) is 18.2. The lowest BCUT2D eigenvalue weighted by molar-refractivity contribution is -0.122. The van der Waals surface area contributed by atoms with Crippen molar-refractivity contribution < 1.29 is 9.59 Å². The van der Waals surface area contributed by atoms with Crippen LogP contribution in [-0.4, -0.2) is 34.0 Å². The molecule has 2 amide bonds. The van der Waals surface area contributed by atoms with Crippen LogP contribution in [0.15, 0.2) is 48.5 Å². The van der Waals surface area contributed by atoms with Gasteiger partial charge in [-0.15, -0.1) is 0 Å². The van der Waals surface area contributed by atoms with Gasteiger partial charge in [-0.3, -0.25) is 9.59 Å². The molecule has 4 rings (SSSR count). The van der Waals surface area contributed by atoms with Gasteiger partial charge in [-0.2, -0.15) is 0 Å². The standard InChI is InChI=1S/C24H27ClN4O2/c25-18-12-10-17(11-13-18)24(31)26-15-14-22-28-20-8-4-5-9-21(20)29(22)16-23(30)27-19-6-2-1-3-7-19/h4-5,8-13,19H,1-3,6-7,14-16H2,(H,26,31)(H,27,30). The number of halogens is 1. The number of para-hydroxylation sites is 2. The van der Waals surface area contributed by atoms with Crippen LogP contribution >= 0.6 is 11.6 Å². The summed E-state index contributed by atoms with van der Waals surface area (Å²) >= 11 is 5.88. The van der Waals surface area contributed by atoms with Crippen molar-refractivity contribution >= 4 is 34.4 Å². The maximum absolute atomic E-state index is 12.7. The molecule has 1 fully saturated rings. The molecule has 7 heteroatoms. The number of nitrogens with zero attached hydrogens (tertiary/aromatic N) is 2. The van der Waals surface area contributed by atoms with Crippen LogP contribution in [0.2, 0.25) is 5.02 Å². The largest absolute Gasteiger partial charge is 0.352 e. The van der Waals surface area contributed by atoms with Gasteiger partial charge in [0.25, 0.3) is 5.91 Å². The third-order valence-corrected chi connectivity index (χ3v) is 6.00. The Morgan fingerprint density at radius 1 is 1.03 bits per heavy atom. The molecule has 0 spiro atoms. The van der Waals surface area contributed by atoms with Crippen molar-refractivity contribution in [2.45, 2.75) is 51.1 Å². The molecular weight excluding hydrogens is 412 g/mol. The van der Waals surface area contributed by atoms with E-state index in [0.717, 1.165) is 29.7 Å². The van der Waals surface area contributed by atoms with Crippen LogP contribution < -0.4 is 10.6 Å². The van der Waals surface area contributed by atoms with Gasteiger partial charge < -0.3 is 15.2 Å². The van der Waals surface area contributed by atoms with Crippen molar-refractivity contribution in [2.24, 2.45) is 0 Å². The SMILES string of the molecule is O=C(Cn1c(CCNC(=O)c2ccc(Cl)cc2)nc2ccccc21)NC1CCCCC1. The van der Waals surface area contributed by atoms with Gasteiger partial charge in [-0.05, 0) is 49.2 Å². The molecular formula is C24H27ClN4O2. The number of rotatable bonds is 7. The van der Waals surface area contributed by atoms with Gasteiger partial charge in [0.2, 0.25) is 5.91 Å². The fourth-order valence-corrected chi connectivity index (χ4v) is 4.27. The summed E-state index contributed by atoms with van der Waals surface area (Å²) in [7, 11) is 0. The smallest absolute Gasteiger partial charge is 0.251 e. The molecule has 2 N–H and O–H groups in total. The Morgan fingerprint density at radius 2 is 1.77 bits per heavy atom. The molecule has 0 bridgehead atoms. The first-order valence-corrected chi connectivity index (χ1v) is 11.3. The highest BCUT2D eigenvalue weighted by atomic mass is 35.5. The Morgan fingerprint density at radius 3 is 2.55 bits per heavy atom. The number of imidazole rings is 1. The topological polar surface area (TPSA) is 76.0 Å². The van der Waals surface area contributed by atoms with Gasteiger partial charge in [-0.25, -0.2) is 4.98 Å². The zero-order chi connectivity index (χ0) is 21.6. The summed E-state index contributed by atoms with van der Waals surface area (Å²) in [6, 6.07) is 14.9. The number of carbonyl (C=O) groups excluding carboxylic acids is 2. The average molecular weight is 439 g/mol. The van der Waals surface area contributed by atoms with Crippen molar-refractivity contribution in [3.05, 3.63) is 64.9 Å². The average Bonchev–Trinajstić information content (AvgIpc) is 3.12. The molecule has 0 aliphatic heterocycles. The van der Waals surface area contributed by atoms with Gasteiger partial charge in [0.15, 0.2) is 0 Å². The maximum Gasteiger partial charge on any atom is 0.251 e. The molecule has 3 aromatic rings. The summed E-state index contributed by atoms with van der Waals surface area (Å²) in [5.41, 5.74) is 2.34. The number of fused-ring (bicyclic) bond motifs is 1. The summed E-state index contributed by atoms with van der Waals surface area (Å²) in [5, 5.41) is 6.70. The van der Waals surface area contributed by atoms with E-state index in [1.807, 2.05) is 28.8 Å². The first-order chi connectivity index (χ1) is 15.1. The highest BCUT2D eigenvalue weighted by molar-refractivity contribution is 6.30. The molecule has 1 aliphatic rings. The van der Waals surface area contributed by atoms with E-state index in [9.17, 15) is 9.59 Å². The van der Waals surface area contributed by atoms with Crippen molar-refractivity contribution in [3.63, 3.8) is 0 Å². The van der Waals surface area contributed by atoms with Crippen molar-refractivity contribution in [1.29, 1.82) is 0 Å². The van der Waals surface area contributed by atoms with Crippen LogP contribution in [0.3, 0.4) is 0 Å². The molecule has 0 saturated heterocycles. The number of benzene rings is 2. The number of aromatic nitrogens is 2. The molecule has 1 aromatic heterocycles. The summed E-state index contributed by atoms with van der Waals surface area (Å²) in [5.74, 6) is 0.646. The van der Waals surface area contributed by atoms with E-state index in [0.29, 0.717) is 23.6 Å². The molecule has 0 radical (unpaired) electrons. The maximum atomic E-state index is 12.7. The molecule has 31 heavy (non-hydrogen) atoms. The third kappa shape index (κ3) is 5.44. The van der Waals surface area contributed by atoms with E-state index in [-0.39, 0.29) is 24.4 Å². The van der Waals surface area contributed by atoms with Gasteiger partial charge in [0.1, 0.15) is 12.4 Å². The Labute approximate surface area is 187 Å². The normalized spacial score (nSPS) is 14.5. The second-order valence-corrected chi connectivity index (χ2v) is 8.45. The summed E-state index contributed by atoms with van der Waals surface area (Å²) in [6.07, 6.45) is 6.25. The zero-order valence-electron chi connectivity index (χ0n) is 17.4. The minimum absolute atomic E-state index is 0.0153. The first-order valence-electron chi connectivity index (χ1n) is 10.9. The lowest BCUT2D eigenvalue weighted by Gasteiger charge is -2.23. The molecule has 6 nitrogen and oxygen atoms in total.